The minimum atomic E-state index is 0.0531. The van der Waals surface area contributed by atoms with Crippen molar-refractivity contribution in [3.8, 4) is 5.75 Å². The number of ether oxygens (including phenoxy) is 2. The Morgan fingerprint density at radius 3 is 2.46 bits per heavy atom. The number of nitrogens with one attached hydrogen (secondary N) is 2. The van der Waals surface area contributed by atoms with Gasteiger partial charge in [0.2, 0.25) is 5.91 Å². The molecule has 1 fully saturated rings. The highest BCUT2D eigenvalue weighted by Crippen LogP contribution is 2.28. The summed E-state index contributed by atoms with van der Waals surface area (Å²) in [4.78, 5) is 12.3. The normalized spacial score (nSPS) is 15.5. The third-order valence-electron chi connectivity index (χ3n) is 4.22. The second kappa shape index (κ2) is 9.04. The lowest BCUT2D eigenvalue weighted by Gasteiger charge is -2.22. The van der Waals surface area contributed by atoms with Crippen LogP contribution in [-0.2, 0) is 9.53 Å². The van der Waals surface area contributed by atoms with E-state index in [2.05, 4.69) is 24.5 Å². The van der Waals surface area contributed by atoms with Gasteiger partial charge in [-0.05, 0) is 49.9 Å². The lowest BCUT2D eigenvalue weighted by atomic mass is 9.99. The molecule has 134 valence electrons. The summed E-state index contributed by atoms with van der Waals surface area (Å²) in [6, 6.07) is 4.42. The standard InChI is InChI=1S/C19H30N2O3/c1-13(2)20-7-10-24-18-14(3)11-17(12-15(18)4)21-19(22)16-5-8-23-9-6-16/h11-13,16,20H,5-10H2,1-4H3,(H,21,22). The van der Waals surface area contributed by atoms with Crippen LogP contribution in [0.2, 0.25) is 0 Å². The summed E-state index contributed by atoms with van der Waals surface area (Å²) in [5, 5.41) is 6.38. The van der Waals surface area contributed by atoms with E-state index in [-0.39, 0.29) is 11.8 Å². The molecule has 1 aromatic rings. The van der Waals surface area contributed by atoms with Crippen LogP contribution in [0.15, 0.2) is 12.1 Å². The molecule has 1 heterocycles. The summed E-state index contributed by atoms with van der Waals surface area (Å²) in [5.41, 5.74) is 2.93. The van der Waals surface area contributed by atoms with Gasteiger partial charge in [-0.3, -0.25) is 4.79 Å². The molecular formula is C19H30N2O3. The monoisotopic (exact) mass is 334 g/mol. The van der Waals surface area contributed by atoms with Gasteiger partial charge in [0, 0.05) is 37.4 Å². The molecule has 5 nitrogen and oxygen atoms in total. The predicted molar refractivity (Wildman–Crippen MR) is 96.7 cm³/mol. The Bertz CT molecular complexity index is 529. The predicted octanol–water partition coefficient (Wildman–Crippen LogP) is 3.05. The molecule has 0 radical (unpaired) electrons. The Morgan fingerprint density at radius 2 is 1.88 bits per heavy atom. The van der Waals surface area contributed by atoms with Gasteiger partial charge >= 0.3 is 0 Å². The Balaban J connectivity index is 1.94. The molecule has 1 aromatic carbocycles. The highest BCUT2D eigenvalue weighted by molar-refractivity contribution is 5.92. The first-order valence-corrected chi connectivity index (χ1v) is 8.83. The van der Waals surface area contributed by atoms with Gasteiger partial charge < -0.3 is 20.1 Å². The SMILES string of the molecule is Cc1cc(NC(=O)C2CCOCC2)cc(C)c1OCCNC(C)C. The average molecular weight is 334 g/mol. The van der Waals surface area contributed by atoms with E-state index in [1.54, 1.807) is 0 Å². The fraction of sp³-hybridized carbons (Fsp3) is 0.632. The lowest BCUT2D eigenvalue weighted by Crippen LogP contribution is -2.28. The van der Waals surface area contributed by atoms with E-state index >= 15 is 0 Å². The topological polar surface area (TPSA) is 59.6 Å². The quantitative estimate of drug-likeness (QED) is 0.753. The van der Waals surface area contributed by atoms with Crippen molar-refractivity contribution in [2.24, 2.45) is 5.92 Å². The first kappa shape index (κ1) is 18.7. The third-order valence-corrected chi connectivity index (χ3v) is 4.22. The lowest BCUT2D eigenvalue weighted by molar-refractivity contribution is -0.122. The maximum absolute atomic E-state index is 12.3. The van der Waals surface area contributed by atoms with Crippen molar-refractivity contribution in [1.82, 2.24) is 5.32 Å². The molecule has 5 heteroatoms. The molecule has 0 atom stereocenters. The summed E-state index contributed by atoms with van der Waals surface area (Å²) < 4.78 is 11.2. The number of rotatable bonds is 7. The Morgan fingerprint density at radius 1 is 1.25 bits per heavy atom. The van der Waals surface area contributed by atoms with Crippen molar-refractivity contribution in [3.63, 3.8) is 0 Å². The van der Waals surface area contributed by atoms with E-state index in [0.717, 1.165) is 42.0 Å². The molecule has 1 saturated heterocycles. The van der Waals surface area contributed by atoms with Crippen molar-refractivity contribution in [1.29, 1.82) is 0 Å². The van der Waals surface area contributed by atoms with Crippen LogP contribution in [0.5, 0.6) is 5.75 Å². The number of anilines is 1. The zero-order valence-corrected chi connectivity index (χ0v) is 15.3. The van der Waals surface area contributed by atoms with Crippen LogP contribution in [-0.4, -0.2) is 38.3 Å². The minimum Gasteiger partial charge on any atom is -0.492 e. The van der Waals surface area contributed by atoms with Gasteiger partial charge in [-0.1, -0.05) is 13.8 Å². The molecule has 1 aliphatic rings. The van der Waals surface area contributed by atoms with Crippen LogP contribution in [0.1, 0.15) is 37.8 Å². The van der Waals surface area contributed by atoms with Crippen LogP contribution in [0.3, 0.4) is 0 Å². The largest absolute Gasteiger partial charge is 0.492 e. The number of benzene rings is 1. The Kier molecular flexibility index (Phi) is 7.06. The maximum Gasteiger partial charge on any atom is 0.227 e. The van der Waals surface area contributed by atoms with Gasteiger partial charge in [0.05, 0.1) is 0 Å². The number of hydrogen-bond acceptors (Lipinski definition) is 4. The molecule has 2 N–H and O–H groups in total. The van der Waals surface area contributed by atoms with Gasteiger partial charge in [0.25, 0.3) is 0 Å². The zero-order valence-electron chi connectivity index (χ0n) is 15.3. The Labute approximate surface area is 145 Å². The van der Waals surface area contributed by atoms with Gasteiger partial charge in [0.15, 0.2) is 0 Å². The fourth-order valence-corrected chi connectivity index (χ4v) is 2.95. The molecule has 0 saturated carbocycles. The van der Waals surface area contributed by atoms with Crippen LogP contribution in [0, 0.1) is 19.8 Å². The average Bonchev–Trinajstić information content (AvgIpc) is 2.54. The van der Waals surface area contributed by atoms with Crippen LogP contribution in [0.4, 0.5) is 5.69 Å². The highest BCUT2D eigenvalue weighted by Gasteiger charge is 2.21. The van der Waals surface area contributed by atoms with E-state index in [1.165, 1.54) is 0 Å². The summed E-state index contributed by atoms with van der Waals surface area (Å²) in [6.07, 6.45) is 1.60. The molecular weight excluding hydrogens is 304 g/mol. The molecule has 1 aliphatic heterocycles. The molecule has 0 bridgehead atoms. The highest BCUT2D eigenvalue weighted by atomic mass is 16.5. The number of amides is 1. The van der Waals surface area contributed by atoms with E-state index < -0.39 is 0 Å². The van der Waals surface area contributed by atoms with E-state index in [1.807, 2.05) is 26.0 Å². The van der Waals surface area contributed by atoms with E-state index in [9.17, 15) is 4.79 Å². The van der Waals surface area contributed by atoms with Gasteiger partial charge in [-0.15, -0.1) is 0 Å². The summed E-state index contributed by atoms with van der Waals surface area (Å²) >= 11 is 0. The molecule has 24 heavy (non-hydrogen) atoms. The zero-order chi connectivity index (χ0) is 17.5. The fourth-order valence-electron chi connectivity index (χ4n) is 2.95. The first-order chi connectivity index (χ1) is 11.5. The van der Waals surface area contributed by atoms with Gasteiger partial charge in [-0.2, -0.15) is 0 Å². The molecule has 1 amide bonds. The smallest absolute Gasteiger partial charge is 0.227 e. The van der Waals surface area contributed by atoms with Crippen LogP contribution < -0.4 is 15.4 Å². The van der Waals surface area contributed by atoms with E-state index in [4.69, 9.17) is 9.47 Å². The van der Waals surface area contributed by atoms with Gasteiger partial charge in [-0.25, -0.2) is 0 Å². The second-order valence-corrected chi connectivity index (χ2v) is 6.77. The first-order valence-electron chi connectivity index (χ1n) is 8.83. The van der Waals surface area contributed by atoms with Crippen molar-refractivity contribution in [2.45, 2.75) is 46.6 Å². The number of carbonyl (C=O) groups is 1. The minimum absolute atomic E-state index is 0.0531. The third kappa shape index (κ3) is 5.49. The van der Waals surface area contributed by atoms with Gasteiger partial charge in [0.1, 0.15) is 12.4 Å². The van der Waals surface area contributed by atoms with Crippen LogP contribution >= 0.6 is 0 Å². The maximum atomic E-state index is 12.3. The van der Waals surface area contributed by atoms with Crippen molar-refractivity contribution >= 4 is 11.6 Å². The summed E-state index contributed by atoms with van der Waals surface area (Å²) in [7, 11) is 0. The number of carbonyl (C=O) groups excluding carboxylic acids is 1. The second-order valence-electron chi connectivity index (χ2n) is 6.77. The molecule has 2 rings (SSSR count). The number of hydrogen-bond donors (Lipinski definition) is 2. The molecule has 0 aliphatic carbocycles. The Hall–Kier alpha value is -1.59. The molecule has 0 unspecified atom stereocenters. The molecule has 0 spiro atoms. The molecule has 0 aromatic heterocycles. The number of aryl methyl sites for hydroxylation is 2. The van der Waals surface area contributed by atoms with E-state index in [0.29, 0.717) is 25.9 Å². The van der Waals surface area contributed by atoms with Crippen LogP contribution in [0.25, 0.3) is 0 Å². The van der Waals surface area contributed by atoms with Crippen molar-refractivity contribution < 1.29 is 14.3 Å². The summed E-state index contributed by atoms with van der Waals surface area (Å²) in [5.74, 6) is 1.05. The van der Waals surface area contributed by atoms with Crippen molar-refractivity contribution in [2.75, 3.05) is 31.7 Å². The summed E-state index contributed by atoms with van der Waals surface area (Å²) in [6.45, 7) is 11.1. The van der Waals surface area contributed by atoms with Crippen molar-refractivity contribution in [3.05, 3.63) is 23.3 Å².